The molecule has 0 radical (unpaired) electrons. The molecule has 1 amide bonds. The molecule has 2 aliphatic carbocycles. The van der Waals surface area contributed by atoms with Crippen LogP contribution in [0.3, 0.4) is 0 Å². The van der Waals surface area contributed by atoms with Gasteiger partial charge in [0.2, 0.25) is 5.91 Å². The Labute approximate surface area is 98.2 Å². The summed E-state index contributed by atoms with van der Waals surface area (Å²) in [7, 11) is 0. The van der Waals surface area contributed by atoms with Gasteiger partial charge in [0.1, 0.15) is 0 Å². The van der Waals surface area contributed by atoms with Gasteiger partial charge in [-0.15, -0.1) is 0 Å². The smallest absolute Gasteiger partial charge is 0.227 e. The molecule has 2 aliphatic rings. The molecule has 3 nitrogen and oxygen atoms in total. The SMILES string of the molecule is C[C@H](NC(=O)C1(CN)CCC1)C1CCCC1. The summed E-state index contributed by atoms with van der Waals surface area (Å²) in [5, 5.41) is 3.20. The highest BCUT2D eigenvalue weighted by Gasteiger charge is 2.43. The monoisotopic (exact) mass is 224 g/mol. The van der Waals surface area contributed by atoms with E-state index < -0.39 is 0 Å². The van der Waals surface area contributed by atoms with Crippen molar-refractivity contribution >= 4 is 5.91 Å². The Bertz CT molecular complexity index is 249. The largest absolute Gasteiger partial charge is 0.353 e. The fraction of sp³-hybridized carbons (Fsp3) is 0.923. The molecule has 0 aromatic rings. The molecule has 0 aromatic carbocycles. The van der Waals surface area contributed by atoms with Crippen LogP contribution in [-0.4, -0.2) is 18.5 Å². The number of carbonyl (C=O) groups excluding carboxylic acids is 1. The maximum absolute atomic E-state index is 12.2. The van der Waals surface area contributed by atoms with E-state index in [4.69, 9.17) is 5.73 Å². The molecule has 92 valence electrons. The van der Waals surface area contributed by atoms with Gasteiger partial charge in [-0.2, -0.15) is 0 Å². The summed E-state index contributed by atoms with van der Waals surface area (Å²) < 4.78 is 0. The lowest BCUT2D eigenvalue weighted by molar-refractivity contribution is -0.136. The lowest BCUT2D eigenvalue weighted by Crippen LogP contribution is -2.53. The predicted octanol–water partition coefficient (Wildman–Crippen LogP) is 1.81. The predicted molar refractivity (Wildman–Crippen MR) is 64.9 cm³/mol. The summed E-state index contributed by atoms with van der Waals surface area (Å²) in [4.78, 5) is 12.2. The molecule has 0 unspecified atom stereocenters. The lowest BCUT2D eigenvalue weighted by Gasteiger charge is -2.40. The van der Waals surface area contributed by atoms with Crippen LogP contribution in [0.15, 0.2) is 0 Å². The van der Waals surface area contributed by atoms with Crippen molar-refractivity contribution in [2.45, 2.75) is 57.9 Å². The third-order valence-corrected chi connectivity index (χ3v) is 4.65. The summed E-state index contributed by atoms with van der Waals surface area (Å²) in [5.74, 6) is 0.902. The Balaban J connectivity index is 1.86. The van der Waals surface area contributed by atoms with Gasteiger partial charge in [-0.3, -0.25) is 4.79 Å². The number of nitrogens with two attached hydrogens (primary N) is 1. The first-order valence-corrected chi connectivity index (χ1v) is 6.69. The summed E-state index contributed by atoms with van der Waals surface area (Å²) in [6.07, 6.45) is 8.32. The summed E-state index contributed by atoms with van der Waals surface area (Å²) in [6, 6.07) is 0.332. The van der Waals surface area contributed by atoms with Gasteiger partial charge in [-0.1, -0.05) is 19.3 Å². The molecule has 0 spiro atoms. The van der Waals surface area contributed by atoms with E-state index in [1.807, 2.05) is 0 Å². The van der Waals surface area contributed by atoms with E-state index in [-0.39, 0.29) is 11.3 Å². The van der Waals surface area contributed by atoms with E-state index in [9.17, 15) is 4.79 Å². The highest BCUT2D eigenvalue weighted by molar-refractivity contribution is 5.84. The standard InChI is InChI=1S/C13H24N2O/c1-10(11-5-2-3-6-11)15-12(16)13(9-14)7-4-8-13/h10-11H,2-9,14H2,1H3,(H,15,16)/t10-/m0/s1. The molecular weight excluding hydrogens is 200 g/mol. The van der Waals surface area contributed by atoms with Crippen molar-refractivity contribution in [2.75, 3.05) is 6.54 Å². The minimum atomic E-state index is -0.215. The quantitative estimate of drug-likeness (QED) is 0.765. The van der Waals surface area contributed by atoms with Gasteiger partial charge >= 0.3 is 0 Å². The van der Waals surface area contributed by atoms with Crippen molar-refractivity contribution in [1.82, 2.24) is 5.32 Å². The Morgan fingerprint density at radius 2 is 2.00 bits per heavy atom. The minimum absolute atomic E-state index is 0.209. The van der Waals surface area contributed by atoms with Crippen LogP contribution in [0.25, 0.3) is 0 Å². The number of nitrogens with one attached hydrogen (secondary N) is 1. The third-order valence-electron chi connectivity index (χ3n) is 4.65. The highest BCUT2D eigenvalue weighted by atomic mass is 16.2. The molecule has 0 bridgehead atoms. The molecule has 0 saturated heterocycles. The van der Waals surface area contributed by atoms with E-state index in [0.29, 0.717) is 18.5 Å². The van der Waals surface area contributed by atoms with Crippen molar-refractivity contribution in [3.63, 3.8) is 0 Å². The first-order valence-electron chi connectivity index (χ1n) is 6.69. The van der Waals surface area contributed by atoms with Crippen LogP contribution in [0.4, 0.5) is 0 Å². The lowest BCUT2D eigenvalue weighted by atomic mass is 9.68. The molecular formula is C13H24N2O. The number of amides is 1. The maximum Gasteiger partial charge on any atom is 0.227 e. The van der Waals surface area contributed by atoms with E-state index >= 15 is 0 Å². The number of rotatable bonds is 4. The van der Waals surface area contributed by atoms with Crippen LogP contribution in [0.1, 0.15) is 51.9 Å². The van der Waals surface area contributed by atoms with E-state index in [1.54, 1.807) is 0 Å². The Morgan fingerprint density at radius 3 is 2.44 bits per heavy atom. The summed E-state index contributed by atoms with van der Waals surface area (Å²) >= 11 is 0. The number of hydrogen-bond donors (Lipinski definition) is 2. The summed E-state index contributed by atoms with van der Waals surface area (Å²) in [6.45, 7) is 2.66. The molecule has 16 heavy (non-hydrogen) atoms. The van der Waals surface area contributed by atoms with Crippen molar-refractivity contribution in [2.24, 2.45) is 17.1 Å². The van der Waals surface area contributed by atoms with Crippen LogP contribution >= 0.6 is 0 Å². The second-order valence-electron chi connectivity index (χ2n) is 5.64. The normalized spacial score (nSPS) is 26.1. The Kier molecular flexibility index (Phi) is 3.53. The molecule has 0 aromatic heterocycles. The van der Waals surface area contributed by atoms with Crippen LogP contribution < -0.4 is 11.1 Å². The van der Waals surface area contributed by atoms with Gasteiger partial charge in [0.05, 0.1) is 5.41 Å². The van der Waals surface area contributed by atoms with Crippen molar-refractivity contribution < 1.29 is 4.79 Å². The van der Waals surface area contributed by atoms with Gasteiger partial charge in [0.25, 0.3) is 0 Å². The van der Waals surface area contributed by atoms with Crippen LogP contribution in [0, 0.1) is 11.3 Å². The molecule has 2 fully saturated rings. The van der Waals surface area contributed by atoms with Crippen LogP contribution in [0.2, 0.25) is 0 Å². The van der Waals surface area contributed by atoms with Crippen molar-refractivity contribution in [1.29, 1.82) is 0 Å². The van der Waals surface area contributed by atoms with Crippen LogP contribution in [-0.2, 0) is 4.79 Å². The first kappa shape index (κ1) is 11.9. The fourth-order valence-electron chi connectivity index (χ4n) is 3.06. The van der Waals surface area contributed by atoms with Gasteiger partial charge in [0.15, 0.2) is 0 Å². The van der Waals surface area contributed by atoms with Gasteiger partial charge in [-0.05, 0) is 38.5 Å². The van der Waals surface area contributed by atoms with Crippen LogP contribution in [0.5, 0.6) is 0 Å². The van der Waals surface area contributed by atoms with E-state index in [1.165, 1.54) is 25.7 Å². The summed E-state index contributed by atoms with van der Waals surface area (Å²) in [5.41, 5.74) is 5.52. The molecule has 1 atom stereocenters. The van der Waals surface area contributed by atoms with Crippen molar-refractivity contribution in [3.05, 3.63) is 0 Å². The Morgan fingerprint density at radius 1 is 1.38 bits per heavy atom. The fourth-order valence-corrected chi connectivity index (χ4v) is 3.06. The minimum Gasteiger partial charge on any atom is -0.353 e. The average Bonchev–Trinajstić information content (AvgIpc) is 2.69. The topological polar surface area (TPSA) is 55.1 Å². The average molecular weight is 224 g/mol. The third kappa shape index (κ3) is 2.10. The second kappa shape index (κ2) is 4.74. The van der Waals surface area contributed by atoms with E-state index in [0.717, 1.165) is 19.3 Å². The molecule has 2 rings (SSSR count). The Hall–Kier alpha value is -0.570. The zero-order valence-electron chi connectivity index (χ0n) is 10.3. The van der Waals surface area contributed by atoms with Gasteiger partial charge in [0, 0.05) is 12.6 Å². The molecule has 3 heteroatoms. The number of hydrogen-bond acceptors (Lipinski definition) is 2. The van der Waals surface area contributed by atoms with Crippen molar-refractivity contribution in [3.8, 4) is 0 Å². The zero-order valence-corrected chi connectivity index (χ0v) is 10.3. The van der Waals surface area contributed by atoms with E-state index in [2.05, 4.69) is 12.2 Å². The van der Waals surface area contributed by atoms with Gasteiger partial charge < -0.3 is 11.1 Å². The first-order chi connectivity index (χ1) is 7.68. The maximum atomic E-state index is 12.2. The highest BCUT2D eigenvalue weighted by Crippen LogP contribution is 2.40. The zero-order chi connectivity index (χ0) is 11.6. The molecule has 3 N–H and O–H groups in total. The molecule has 0 heterocycles. The molecule has 2 saturated carbocycles. The van der Waals surface area contributed by atoms with Gasteiger partial charge in [-0.25, -0.2) is 0 Å². The molecule has 0 aliphatic heterocycles. The second-order valence-corrected chi connectivity index (χ2v) is 5.64. The number of carbonyl (C=O) groups is 1.